The summed E-state index contributed by atoms with van der Waals surface area (Å²) in [5.41, 5.74) is 1.59. The molecule has 4 heteroatoms. The highest BCUT2D eigenvalue weighted by Crippen LogP contribution is 2.24. The summed E-state index contributed by atoms with van der Waals surface area (Å²) in [5.74, 6) is 0.696. The highest BCUT2D eigenvalue weighted by Gasteiger charge is 2.26. The monoisotopic (exact) mass is 328 g/mol. The first-order valence-corrected chi connectivity index (χ1v) is 8.84. The van der Waals surface area contributed by atoms with E-state index in [2.05, 4.69) is 6.07 Å². The predicted octanol–water partition coefficient (Wildman–Crippen LogP) is 4.53. The zero-order valence-corrected chi connectivity index (χ0v) is 15.0. The Kier molecular flexibility index (Phi) is 6.25. The molecule has 0 spiro atoms. The minimum atomic E-state index is -0.422. The number of aryl methyl sites for hydroxylation is 1. The Hall–Kier alpha value is -2.02. The number of hydrogen-bond acceptors (Lipinski definition) is 3. The van der Waals surface area contributed by atoms with Gasteiger partial charge in [0.1, 0.15) is 5.60 Å². The van der Waals surface area contributed by atoms with Crippen molar-refractivity contribution in [3.63, 3.8) is 0 Å². The van der Waals surface area contributed by atoms with Crippen LogP contribution in [0.2, 0.25) is 0 Å². The van der Waals surface area contributed by atoms with Gasteiger partial charge < -0.3 is 9.64 Å². The highest BCUT2D eigenvalue weighted by molar-refractivity contribution is 5.68. The van der Waals surface area contributed by atoms with Crippen molar-refractivity contribution in [2.75, 3.05) is 13.1 Å². The van der Waals surface area contributed by atoms with Crippen LogP contribution in [0.5, 0.6) is 0 Å². The fourth-order valence-corrected chi connectivity index (χ4v) is 3.07. The predicted molar refractivity (Wildman–Crippen MR) is 94.6 cm³/mol. The SMILES string of the molecule is CC(C)(C)OC(=O)N1CCC(CCCc2ccc(C#N)cc2)CC1. The smallest absolute Gasteiger partial charge is 0.410 e. The minimum Gasteiger partial charge on any atom is -0.444 e. The molecule has 2 rings (SSSR count). The summed E-state index contributed by atoms with van der Waals surface area (Å²) < 4.78 is 5.43. The molecule has 0 saturated carbocycles. The molecule has 1 aromatic carbocycles. The Morgan fingerprint density at radius 2 is 1.88 bits per heavy atom. The van der Waals surface area contributed by atoms with E-state index in [1.165, 1.54) is 12.0 Å². The van der Waals surface area contributed by atoms with Gasteiger partial charge in [0, 0.05) is 13.1 Å². The molecule has 0 aliphatic carbocycles. The van der Waals surface area contributed by atoms with Crippen LogP contribution in [0.1, 0.15) is 57.6 Å². The van der Waals surface area contributed by atoms with Gasteiger partial charge in [-0.15, -0.1) is 0 Å². The standard InChI is InChI=1S/C20H28N2O2/c1-20(2,3)24-19(23)22-13-11-17(12-14-22)6-4-5-16-7-9-18(15-21)10-8-16/h7-10,17H,4-6,11-14H2,1-3H3. The first-order chi connectivity index (χ1) is 11.4. The summed E-state index contributed by atoms with van der Waals surface area (Å²) in [6.07, 6.45) is 5.35. The third-order valence-electron chi connectivity index (χ3n) is 4.43. The number of carbonyl (C=O) groups excluding carboxylic acids is 1. The maximum absolute atomic E-state index is 12.1. The van der Waals surface area contributed by atoms with Gasteiger partial charge in [-0.25, -0.2) is 4.79 Å². The Bertz CT molecular complexity index is 573. The van der Waals surface area contributed by atoms with E-state index in [0.29, 0.717) is 11.5 Å². The molecule has 0 bridgehead atoms. The van der Waals surface area contributed by atoms with Crippen molar-refractivity contribution in [2.24, 2.45) is 5.92 Å². The number of benzene rings is 1. The van der Waals surface area contributed by atoms with Gasteiger partial charge >= 0.3 is 6.09 Å². The Balaban J connectivity index is 1.67. The average Bonchev–Trinajstić information content (AvgIpc) is 2.54. The number of carbonyl (C=O) groups is 1. The third-order valence-corrected chi connectivity index (χ3v) is 4.43. The van der Waals surface area contributed by atoms with E-state index in [-0.39, 0.29) is 6.09 Å². The lowest BCUT2D eigenvalue weighted by Gasteiger charge is -2.33. The molecule has 0 aromatic heterocycles. The fraction of sp³-hybridized carbons (Fsp3) is 0.600. The number of hydrogen-bond donors (Lipinski definition) is 0. The number of ether oxygens (including phenoxy) is 1. The van der Waals surface area contributed by atoms with Gasteiger partial charge in [0.15, 0.2) is 0 Å². The molecule has 24 heavy (non-hydrogen) atoms. The average molecular weight is 328 g/mol. The van der Waals surface area contributed by atoms with Gasteiger partial charge in [-0.1, -0.05) is 12.1 Å². The molecule has 1 aliphatic heterocycles. The van der Waals surface area contributed by atoms with Crippen molar-refractivity contribution in [1.82, 2.24) is 4.90 Å². The topological polar surface area (TPSA) is 53.3 Å². The molecule has 4 nitrogen and oxygen atoms in total. The second-order valence-corrected chi connectivity index (χ2v) is 7.61. The Morgan fingerprint density at radius 1 is 1.25 bits per heavy atom. The van der Waals surface area contributed by atoms with E-state index in [1.807, 2.05) is 49.9 Å². The van der Waals surface area contributed by atoms with E-state index in [4.69, 9.17) is 10.00 Å². The van der Waals surface area contributed by atoms with Crippen LogP contribution in [-0.2, 0) is 11.2 Å². The fourth-order valence-electron chi connectivity index (χ4n) is 3.07. The van der Waals surface area contributed by atoms with E-state index >= 15 is 0 Å². The summed E-state index contributed by atoms with van der Waals surface area (Å²) >= 11 is 0. The second-order valence-electron chi connectivity index (χ2n) is 7.61. The van der Waals surface area contributed by atoms with Crippen LogP contribution >= 0.6 is 0 Å². The van der Waals surface area contributed by atoms with Gasteiger partial charge in [0.25, 0.3) is 0 Å². The molecule has 1 aliphatic rings. The van der Waals surface area contributed by atoms with Crippen LogP contribution < -0.4 is 0 Å². The molecule has 0 N–H and O–H groups in total. The quantitative estimate of drug-likeness (QED) is 0.816. The molecule has 1 heterocycles. The van der Waals surface area contributed by atoms with E-state index in [9.17, 15) is 4.79 Å². The van der Waals surface area contributed by atoms with Crippen LogP contribution in [0.4, 0.5) is 4.79 Å². The largest absolute Gasteiger partial charge is 0.444 e. The van der Waals surface area contributed by atoms with Crippen LogP contribution in [0, 0.1) is 17.2 Å². The first kappa shape index (κ1) is 18.3. The van der Waals surface area contributed by atoms with Crippen molar-refractivity contribution in [2.45, 2.75) is 58.5 Å². The molecule has 1 fully saturated rings. The van der Waals surface area contributed by atoms with Crippen molar-refractivity contribution >= 4 is 6.09 Å². The lowest BCUT2D eigenvalue weighted by molar-refractivity contribution is 0.0180. The molecule has 0 unspecified atom stereocenters. The second kappa shape index (κ2) is 8.19. The van der Waals surface area contributed by atoms with Gasteiger partial charge in [-0.2, -0.15) is 5.26 Å². The van der Waals surface area contributed by atoms with Gasteiger partial charge in [0.05, 0.1) is 11.6 Å². The molecule has 1 aromatic rings. The summed E-state index contributed by atoms with van der Waals surface area (Å²) in [6, 6.07) is 10.0. The molecule has 1 saturated heterocycles. The molecular weight excluding hydrogens is 300 g/mol. The van der Waals surface area contributed by atoms with Crippen LogP contribution in [0.15, 0.2) is 24.3 Å². The van der Waals surface area contributed by atoms with Gasteiger partial charge in [-0.3, -0.25) is 0 Å². The van der Waals surface area contributed by atoms with Crippen LogP contribution in [-0.4, -0.2) is 29.7 Å². The van der Waals surface area contributed by atoms with Crippen molar-refractivity contribution < 1.29 is 9.53 Å². The van der Waals surface area contributed by atoms with E-state index in [0.717, 1.165) is 38.8 Å². The van der Waals surface area contributed by atoms with Gasteiger partial charge in [-0.05, 0) is 76.5 Å². The van der Waals surface area contributed by atoms with Gasteiger partial charge in [0.2, 0.25) is 0 Å². The summed E-state index contributed by atoms with van der Waals surface area (Å²) in [7, 11) is 0. The maximum Gasteiger partial charge on any atom is 0.410 e. The zero-order chi connectivity index (χ0) is 17.6. The molecular formula is C20H28N2O2. The van der Waals surface area contributed by atoms with E-state index in [1.54, 1.807) is 0 Å². The number of nitriles is 1. The Morgan fingerprint density at radius 3 is 2.42 bits per heavy atom. The summed E-state index contributed by atoms with van der Waals surface area (Å²) in [5, 5.41) is 8.81. The molecule has 0 radical (unpaired) electrons. The first-order valence-electron chi connectivity index (χ1n) is 8.84. The summed E-state index contributed by atoms with van der Waals surface area (Å²) in [4.78, 5) is 13.9. The number of nitrogens with zero attached hydrogens (tertiary/aromatic N) is 2. The zero-order valence-electron chi connectivity index (χ0n) is 15.0. The molecule has 130 valence electrons. The highest BCUT2D eigenvalue weighted by atomic mass is 16.6. The lowest BCUT2D eigenvalue weighted by atomic mass is 9.91. The number of piperidine rings is 1. The van der Waals surface area contributed by atoms with Crippen LogP contribution in [0.25, 0.3) is 0 Å². The molecule has 0 atom stereocenters. The number of likely N-dealkylation sites (tertiary alicyclic amines) is 1. The number of amides is 1. The summed E-state index contributed by atoms with van der Waals surface area (Å²) in [6.45, 7) is 7.31. The van der Waals surface area contributed by atoms with Crippen molar-refractivity contribution in [3.05, 3.63) is 35.4 Å². The maximum atomic E-state index is 12.1. The Labute approximate surface area is 145 Å². The lowest BCUT2D eigenvalue weighted by Crippen LogP contribution is -2.41. The third kappa shape index (κ3) is 5.88. The van der Waals surface area contributed by atoms with E-state index < -0.39 is 5.60 Å². The molecule has 1 amide bonds. The van der Waals surface area contributed by atoms with Crippen molar-refractivity contribution in [3.8, 4) is 6.07 Å². The van der Waals surface area contributed by atoms with Crippen molar-refractivity contribution in [1.29, 1.82) is 5.26 Å². The van der Waals surface area contributed by atoms with Crippen LogP contribution in [0.3, 0.4) is 0 Å². The normalized spacial score (nSPS) is 15.8. The minimum absolute atomic E-state index is 0.182. The number of rotatable bonds is 4.